The fourth-order valence-corrected chi connectivity index (χ4v) is 4.06. The highest BCUT2D eigenvalue weighted by atomic mass is 32.2. The van der Waals surface area contributed by atoms with Gasteiger partial charge in [-0.15, -0.1) is 0 Å². The third-order valence-electron chi connectivity index (χ3n) is 4.28. The molecule has 31 heavy (non-hydrogen) atoms. The van der Waals surface area contributed by atoms with Crippen molar-refractivity contribution in [2.24, 2.45) is 0 Å². The molecule has 3 rings (SSSR count). The summed E-state index contributed by atoms with van der Waals surface area (Å²) in [5, 5.41) is 2.70. The molecule has 0 aliphatic carbocycles. The summed E-state index contributed by atoms with van der Waals surface area (Å²) in [6.45, 7) is 1.80. The number of amides is 2. The number of rotatable bonds is 7. The molecule has 1 saturated heterocycles. The predicted molar refractivity (Wildman–Crippen MR) is 124 cm³/mol. The van der Waals surface area contributed by atoms with E-state index in [2.05, 4.69) is 5.32 Å². The lowest BCUT2D eigenvalue weighted by Gasteiger charge is -2.14. The molecule has 0 radical (unpaired) electrons. The molecule has 1 N–H and O–H groups in total. The third kappa shape index (κ3) is 5.50. The Kier molecular flexibility index (Phi) is 7.43. The molecule has 1 aliphatic rings. The van der Waals surface area contributed by atoms with Crippen molar-refractivity contribution in [1.29, 1.82) is 0 Å². The number of methoxy groups -OCH3 is 1. The van der Waals surface area contributed by atoms with Gasteiger partial charge in [-0.25, -0.2) is 4.79 Å². The first-order valence-corrected chi connectivity index (χ1v) is 10.6. The van der Waals surface area contributed by atoms with Gasteiger partial charge < -0.3 is 14.8 Å². The Labute approximate surface area is 189 Å². The molecule has 2 aromatic rings. The number of thiocarbonyl (C=S) groups is 1. The van der Waals surface area contributed by atoms with Crippen LogP contribution in [0.3, 0.4) is 0 Å². The Bertz CT molecular complexity index is 1050. The molecule has 0 unspecified atom stereocenters. The van der Waals surface area contributed by atoms with Crippen LogP contribution in [0.25, 0.3) is 6.08 Å². The van der Waals surface area contributed by atoms with Crippen molar-refractivity contribution < 1.29 is 23.9 Å². The molecule has 9 heteroatoms. The average molecular weight is 457 g/mol. The van der Waals surface area contributed by atoms with Crippen LogP contribution in [-0.2, 0) is 14.3 Å². The zero-order chi connectivity index (χ0) is 22.4. The lowest BCUT2D eigenvalue weighted by molar-refractivity contribution is -0.126. The van der Waals surface area contributed by atoms with Crippen molar-refractivity contribution in [3.63, 3.8) is 0 Å². The lowest BCUT2D eigenvalue weighted by Crippen LogP contribution is -2.36. The topological polar surface area (TPSA) is 84.9 Å². The van der Waals surface area contributed by atoms with E-state index in [4.69, 9.17) is 21.7 Å². The summed E-state index contributed by atoms with van der Waals surface area (Å²) in [6, 6.07) is 13.6. The molecule has 2 aromatic carbocycles. The summed E-state index contributed by atoms with van der Waals surface area (Å²) in [6.07, 6.45) is 1.70. The summed E-state index contributed by atoms with van der Waals surface area (Å²) in [5.41, 5.74) is 1.63. The molecule has 160 valence electrons. The van der Waals surface area contributed by atoms with Crippen molar-refractivity contribution in [1.82, 2.24) is 4.90 Å². The number of anilines is 1. The molecule has 7 nitrogen and oxygen atoms in total. The predicted octanol–water partition coefficient (Wildman–Crippen LogP) is 3.71. The largest absolute Gasteiger partial charge is 0.496 e. The number of carbonyl (C=O) groups is 3. The van der Waals surface area contributed by atoms with Crippen molar-refractivity contribution >= 4 is 57.8 Å². The van der Waals surface area contributed by atoms with Gasteiger partial charge in [-0.3, -0.25) is 14.5 Å². The Hall–Kier alpha value is -3.17. The number of hydrogen-bond donors (Lipinski definition) is 1. The van der Waals surface area contributed by atoms with E-state index in [9.17, 15) is 14.4 Å². The van der Waals surface area contributed by atoms with Gasteiger partial charge >= 0.3 is 5.97 Å². The smallest absolute Gasteiger partial charge is 0.338 e. The summed E-state index contributed by atoms with van der Waals surface area (Å²) >= 11 is 6.43. The molecule has 1 heterocycles. The van der Waals surface area contributed by atoms with E-state index in [1.807, 2.05) is 18.2 Å². The average Bonchev–Trinajstić information content (AvgIpc) is 3.02. The molecule has 2 amide bonds. The van der Waals surface area contributed by atoms with Crippen LogP contribution in [-0.4, -0.2) is 47.3 Å². The summed E-state index contributed by atoms with van der Waals surface area (Å²) in [4.78, 5) is 38.6. The fraction of sp³-hybridized carbons (Fsp3) is 0.182. The zero-order valence-electron chi connectivity index (χ0n) is 16.9. The minimum atomic E-state index is -0.431. The van der Waals surface area contributed by atoms with E-state index >= 15 is 0 Å². The monoisotopic (exact) mass is 456 g/mol. The molecular formula is C22H20N2O5S2. The van der Waals surface area contributed by atoms with Crippen LogP contribution in [0.15, 0.2) is 53.4 Å². The van der Waals surface area contributed by atoms with E-state index in [-0.39, 0.29) is 19.1 Å². The van der Waals surface area contributed by atoms with Gasteiger partial charge in [0.1, 0.15) is 16.6 Å². The zero-order valence-corrected chi connectivity index (χ0v) is 18.5. The number of esters is 1. The Morgan fingerprint density at radius 3 is 2.55 bits per heavy atom. The molecule has 1 fully saturated rings. The van der Waals surface area contributed by atoms with Crippen molar-refractivity contribution in [3.8, 4) is 5.75 Å². The number of hydrogen-bond acceptors (Lipinski definition) is 7. The van der Waals surface area contributed by atoms with Gasteiger partial charge in [0.15, 0.2) is 0 Å². The number of para-hydroxylation sites is 1. The minimum Gasteiger partial charge on any atom is -0.496 e. The number of nitrogens with one attached hydrogen (secondary N) is 1. The first-order chi connectivity index (χ1) is 14.9. The van der Waals surface area contributed by atoms with Crippen LogP contribution >= 0.6 is 24.0 Å². The van der Waals surface area contributed by atoms with Gasteiger partial charge in [0.05, 0.1) is 24.2 Å². The highest BCUT2D eigenvalue weighted by Gasteiger charge is 2.33. The lowest BCUT2D eigenvalue weighted by atomic mass is 10.2. The van der Waals surface area contributed by atoms with E-state index in [1.54, 1.807) is 50.4 Å². The number of nitrogens with zero attached hydrogens (tertiary/aromatic N) is 1. The van der Waals surface area contributed by atoms with Crippen LogP contribution in [0.5, 0.6) is 5.75 Å². The van der Waals surface area contributed by atoms with Crippen LogP contribution in [0, 0.1) is 0 Å². The van der Waals surface area contributed by atoms with Crippen molar-refractivity contribution in [2.75, 3.05) is 25.6 Å². The van der Waals surface area contributed by atoms with Crippen LogP contribution < -0.4 is 10.1 Å². The highest BCUT2D eigenvalue weighted by molar-refractivity contribution is 8.26. The summed E-state index contributed by atoms with van der Waals surface area (Å²) < 4.78 is 10.5. The second-order valence-electron chi connectivity index (χ2n) is 6.36. The first kappa shape index (κ1) is 22.5. The van der Waals surface area contributed by atoms with Gasteiger partial charge in [-0.2, -0.15) is 0 Å². The summed E-state index contributed by atoms with van der Waals surface area (Å²) in [7, 11) is 1.56. The molecule has 0 aromatic heterocycles. The Morgan fingerprint density at radius 1 is 1.16 bits per heavy atom. The van der Waals surface area contributed by atoms with Crippen LogP contribution in [0.1, 0.15) is 22.8 Å². The van der Waals surface area contributed by atoms with Gasteiger partial charge in [0, 0.05) is 11.3 Å². The number of ether oxygens (including phenoxy) is 2. The maximum absolute atomic E-state index is 12.8. The van der Waals surface area contributed by atoms with E-state index in [0.29, 0.717) is 26.2 Å². The maximum atomic E-state index is 12.8. The van der Waals surface area contributed by atoms with Gasteiger partial charge in [-0.05, 0) is 43.3 Å². The molecule has 0 saturated carbocycles. The summed E-state index contributed by atoms with van der Waals surface area (Å²) in [5.74, 6) is -0.538. The van der Waals surface area contributed by atoms with Crippen molar-refractivity contribution in [3.05, 3.63) is 64.6 Å². The standard InChI is InChI=1S/C22H20N2O5S2/c1-3-29-21(27)14-8-10-16(11-9-14)23-19(25)13-24-20(26)18(31-22(24)30)12-15-6-4-5-7-17(15)28-2/h4-12H,3,13H2,1-2H3,(H,23,25)/b18-12-. The van der Waals surface area contributed by atoms with Crippen LogP contribution in [0.4, 0.5) is 5.69 Å². The molecule has 0 atom stereocenters. The normalized spacial score (nSPS) is 14.6. The van der Waals surface area contributed by atoms with E-state index in [0.717, 1.165) is 17.3 Å². The Morgan fingerprint density at radius 2 is 1.87 bits per heavy atom. The molecule has 0 spiro atoms. The fourth-order valence-electron chi connectivity index (χ4n) is 2.81. The number of benzene rings is 2. The van der Waals surface area contributed by atoms with E-state index in [1.165, 1.54) is 4.90 Å². The Balaban J connectivity index is 1.65. The first-order valence-electron chi connectivity index (χ1n) is 9.38. The SMILES string of the molecule is CCOC(=O)c1ccc(NC(=O)CN2C(=O)/C(=C/c3ccccc3OC)SC2=S)cc1. The number of carbonyl (C=O) groups excluding carboxylic acids is 3. The van der Waals surface area contributed by atoms with Gasteiger partial charge in [0.25, 0.3) is 5.91 Å². The molecule has 1 aliphatic heterocycles. The van der Waals surface area contributed by atoms with Gasteiger partial charge in [-0.1, -0.05) is 42.2 Å². The quantitative estimate of drug-likeness (QED) is 0.386. The highest BCUT2D eigenvalue weighted by Crippen LogP contribution is 2.34. The van der Waals surface area contributed by atoms with E-state index < -0.39 is 11.9 Å². The van der Waals surface area contributed by atoms with Crippen LogP contribution in [0.2, 0.25) is 0 Å². The van der Waals surface area contributed by atoms with Gasteiger partial charge in [0.2, 0.25) is 5.91 Å². The maximum Gasteiger partial charge on any atom is 0.338 e. The molecule has 0 bridgehead atoms. The second kappa shape index (κ2) is 10.2. The second-order valence-corrected chi connectivity index (χ2v) is 8.03. The van der Waals surface area contributed by atoms with Crippen molar-refractivity contribution in [2.45, 2.75) is 6.92 Å². The molecular weight excluding hydrogens is 436 g/mol. The number of thioether (sulfide) groups is 1. The third-order valence-corrected chi connectivity index (χ3v) is 5.66. The minimum absolute atomic E-state index is 0.215.